The lowest BCUT2D eigenvalue weighted by Crippen LogP contribution is -2.11. The van der Waals surface area contributed by atoms with E-state index in [9.17, 15) is 8.42 Å². The number of aromatic nitrogens is 5. The number of fused-ring (bicyclic) bond motifs is 1. The van der Waals surface area contributed by atoms with Crippen molar-refractivity contribution in [2.75, 3.05) is 11.5 Å². The molecule has 0 unspecified atom stereocenters. The van der Waals surface area contributed by atoms with Gasteiger partial charge in [-0.15, -0.1) is 0 Å². The number of nitrogen functional groups attached to an aromatic ring is 1. The fraction of sp³-hybridized carbons (Fsp3) is 0.333. The highest BCUT2D eigenvalue weighted by atomic mass is 32.2. The van der Waals surface area contributed by atoms with E-state index in [0.717, 1.165) is 11.1 Å². The van der Waals surface area contributed by atoms with Crippen molar-refractivity contribution in [1.29, 1.82) is 0 Å². The molecule has 0 aliphatic rings. The van der Waals surface area contributed by atoms with Gasteiger partial charge in [-0.05, 0) is 31.4 Å². The molecule has 0 spiro atoms. The van der Waals surface area contributed by atoms with Crippen LogP contribution in [0, 0.1) is 6.92 Å². The summed E-state index contributed by atoms with van der Waals surface area (Å²) in [5, 5.41) is -0.118. The van der Waals surface area contributed by atoms with Gasteiger partial charge in [0.15, 0.2) is 5.82 Å². The lowest BCUT2D eigenvalue weighted by molar-refractivity contribution is 0.576. The Hall–Kier alpha value is -2.55. The maximum absolute atomic E-state index is 12.1. The minimum Gasteiger partial charge on any atom is -0.382 e. The SMILES string of the molecule is Cc1cnc(N)c2ncn(CCCCS(=O)(=O)c3ncccn3)c12. The summed E-state index contributed by atoms with van der Waals surface area (Å²) in [6.45, 7) is 2.61. The van der Waals surface area contributed by atoms with Gasteiger partial charge in [0.1, 0.15) is 5.52 Å². The number of hydrogen-bond donors (Lipinski definition) is 1. The molecule has 0 fully saturated rings. The molecule has 0 saturated carbocycles. The Bertz CT molecular complexity index is 953. The quantitative estimate of drug-likeness (QED) is 0.529. The smallest absolute Gasteiger partial charge is 0.246 e. The van der Waals surface area contributed by atoms with Crippen molar-refractivity contribution >= 4 is 26.7 Å². The summed E-state index contributed by atoms with van der Waals surface area (Å²) >= 11 is 0. The molecule has 3 rings (SSSR count). The molecule has 126 valence electrons. The number of hydrogen-bond acceptors (Lipinski definition) is 7. The second-order valence-electron chi connectivity index (χ2n) is 5.52. The van der Waals surface area contributed by atoms with Crippen LogP contribution in [0.25, 0.3) is 11.0 Å². The molecule has 2 N–H and O–H groups in total. The minimum atomic E-state index is -3.44. The van der Waals surface area contributed by atoms with Crippen LogP contribution in [0.5, 0.6) is 0 Å². The molecule has 9 heteroatoms. The van der Waals surface area contributed by atoms with E-state index in [2.05, 4.69) is 19.9 Å². The first kappa shape index (κ1) is 16.3. The van der Waals surface area contributed by atoms with E-state index in [1.165, 1.54) is 12.4 Å². The number of pyridine rings is 1. The van der Waals surface area contributed by atoms with E-state index in [1.54, 1.807) is 18.6 Å². The van der Waals surface area contributed by atoms with Gasteiger partial charge in [-0.3, -0.25) is 0 Å². The van der Waals surface area contributed by atoms with Gasteiger partial charge in [0, 0.05) is 25.1 Å². The third kappa shape index (κ3) is 3.21. The fourth-order valence-electron chi connectivity index (χ4n) is 2.55. The van der Waals surface area contributed by atoms with Crippen molar-refractivity contribution in [3.63, 3.8) is 0 Å². The Balaban J connectivity index is 1.65. The van der Waals surface area contributed by atoms with Crippen molar-refractivity contribution in [3.8, 4) is 0 Å². The van der Waals surface area contributed by atoms with Gasteiger partial charge in [-0.2, -0.15) is 0 Å². The molecule has 3 aromatic heterocycles. The zero-order chi connectivity index (χ0) is 17.2. The third-order valence-corrected chi connectivity index (χ3v) is 5.33. The molecular weight excluding hydrogens is 328 g/mol. The first-order chi connectivity index (χ1) is 11.5. The van der Waals surface area contributed by atoms with E-state index in [-0.39, 0.29) is 10.9 Å². The number of nitrogens with two attached hydrogens (primary N) is 1. The van der Waals surface area contributed by atoms with E-state index >= 15 is 0 Å². The molecule has 0 amide bonds. The largest absolute Gasteiger partial charge is 0.382 e. The van der Waals surface area contributed by atoms with Crippen molar-refractivity contribution in [2.45, 2.75) is 31.5 Å². The number of imidazole rings is 1. The second kappa shape index (κ2) is 6.52. The van der Waals surface area contributed by atoms with Gasteiger partial charge in [0.2, 0.25) is 15.0 Å². The van der Waals surface area contributed by atoms with E-state index in [1.807, 2.05) is 11.5 Å². The molecule has 0 bridgehead atoms. The number of anilines is 1. The monoisotopic (exact) mass is 346 g/mol. The van der Waals surface area contributed by atoms with E-state index in [0.29, 0.717) is 30.7 Å². The first-order valence-corrected chi connectivity index (χ1v) is 9.20. The number of rotatable bonds is 6. The van der Waals surface area contributed by atoms with Gasteiger partial charge in [0.25, 0.3) is 0 Å². The maximum Gasteiger partial charge on any atom is 0.246 e. The third-order valence-electron chi connectivity index (χ3n) is 3.73. The normalized spacial score (nSPS) is 11.9. The zero-order valence-corrected chi connectivity index (χ0v) is 14.1. The molecule has 8 nitrogen and oxygen atoms in total. The molecule has 0 radical (unpaired) electrons. The Morgan fingerprint density at radius 3 is 2.62 bits per heavy atom. The Morgan fingerprint density at radius 1 is 1.12 bits per heavy atom. The number of sulfone groups is 1. The highest BCUT2D eigenvalue weighted by molar-refractivity contribution is 7.91. The van der Waals surface area contributed by atoms with Gasteiger partial charge in [-0.25, -0.2) is 28.4 Å². The fourth-order valence-corrected chi connectivity index (χ4v) is 3.76. The van der Waals surface area contributed by atoms with Crippen LogP contribution in [0.4, 0.5) is 5.82 Å². The van der Waals surface area contributed by atoms with Crippen LogP contribution in [0.15, 0.2) is 36.1 Å². The summed E-state index contributed by atoms with van der Waals surface area (Å²) in [6.07, 6.45) is 7.49. The zero-order valence-electron chi connectivity index (χ0n) is 13.3. The Kier molecular flexibility index (Phi) is 4.43. The van der Waals surface area contributed by atoms with Crippen LogP contribution >= 0.6 is 0 Å². The molecule has 0 aliphatic heterocycles. The molecule has 0 aliphatic carbocycles. The van der Waals surface area contributed by atoms with Gasteiger partial charge < -0.3 is 10.3 Å². The number of aryl methyl sites for hydroxylation is 2. The van der Waals surface area contributed by atoms with Crippen molar-refractivity contribution < 1.29 is 8.42 Å². The van der Waals surface area contributed by atoms with Crippen LogP contribution < -0.4 is 5.73 Å². The minimum absolute atomic E-state index is 0.0202. The maximum atomic E-state index is 12.1. The molecule has 3 aromatic rings. The molecule has 0 aromatic carbocycles. The van der Waals surface area contributed by atoms with Crippen LogP contribution in [-0.2, 0) is 16.4 Å². The summed E-state index contributed by atoms with van der Waals surface area (Å²) in [5.74, 6) is 0.421. The molecule has 0 saturated heterocycles. The predicted octanol–water partition coefficient (Wildman–Crippen LogP) is 1.37. The standard InChI is InChI=1S/C15H18N6O2S/c1-11-9-19-14(16)12-13(11)21(10-20-12)7-2-3-8-24(22,23)15-17-5-4-6-18-15/h4-6,9-10H,2-3,7-8H2,1H3,(H2,16,19). The average Bonchev–Trinajstić information content (AvgIpc) is 3.01. The van der Waals surface area contributed by atoms with Crippen molar-refractivity contribution in [3.05, 3.63) is 36.5 Å². The van der Waals surface area contributed by atoms with E-state index in [4.69, 9.17) is 5.73 Å². The Morgan fingerprint density at radius 2 is 1.88 bits per heavy atom. The van der Waals surface area contributed by atoms with Crippen LogP contribution in [0.1, 0.15) is 18.4 Å². The van der Waals surface area contributed by atoms with Crippen molar-refractivity contribution in [2.24, 2.45) is 0 Å². The molecular formula is C15H18N6O2S. The first-order valence-electron chi connectivity index (χ1n) is 7.55. The van der Waals surface area contributed by atoms with Gasteiger partial charge in [-0.1, -0.05) is 0 Å². The lowest BCUT2D eigenvalue weighted by Gasteiger charge is -2.07. The average molecular weight is 346 g/mol. The highest BCUT2D eigenvalue weighted by Gasteiger charge is 2.17. The topological polar surface area (TPSA) is 117 Å². The highest BCUT2D eigenvalue weighted by Crippen LogP contribution is 2.21. The predicted molar refractivity (Wildman–Crippen MR) is 90.0 cm³/mol. The van der Waals surface area contributed by atoms with Crippen molar-refractivity contribution in [1.82, 2.24) is 24.5 Å². The molecule has 3 heterocycles. The Labute approximate surface area is 139 Å². The number of unbranched alkanes of at least 4 members (excludes halogenated alkanes) is 1. The van der Waals surface area contributed by atoms with Crippen LogP contribution in [0.3, 0.4) is 0 Å². The molecule has 24 heavy (non-hydrogen) atoms. The van der Waals surface area contributed by atoms with Crippen LogP contribution in [-0.4, -0.2) is 38.7 Å². The van der Waals surface area contributed by atoms with Gasteiger partial charge >= 0.3 is 0 Å². The lowest BCUT2D eigenvalue weighted by atomic mass is 10.2. The molecule has 0 atom stereocenters. The summed E-state index contributed by atoms with van der Waals surface area (Å²) in [7, 11) is -3.44. The second-order valence-corrected chi connectivity index (χ2v) is 7.52. The summed E-state index contributed by atoms with van der Waals surface area (Å²) in [4.78, 5) is 16.0. The number of nitrogens with zero attached hydrogens (tertiary/aromatic N) is 5. The summed E-state index contributed by atoms with van der Waals surface area (Å²) < 4.78 is 26.3. The van der Waals surface area contributed by atoms with Crippen LogP contribution in [0.2, 0.25) is 0 Å². The van der Waals surface area contributed by atoms with Gasteiger partial charge in [0.05, 0.1) is 17.6 Å². The summed E-state index contributed by atoms with van der Waals surface area (Å²) in [6, 6.07) is 1.59. The van der Waals surface area contributed by atoms with E-state index < -0.39 is 9.84 Å². The summed E-state index contributed by atoms with van der Waals surface area (Å²) in [5.41, 5.74) is 8.44.